The number of nitrogens with zero attached hydrogens (tertiary/aromatic N) is 5. The Kier molecular flexibility index (Phi) is 7.40. The Bertz CT molecular complexity index is 1790. The minimum atomic E-state index is -4.67. The number of hydrogen-bond donors (Lipinski definition) is 1. The van der Waals surface area contributed by atoms with Gasteiger partial charge >= 0.3 is 6.18 Å². The summed E-state index contributed by atoms with van der Waals surface area (Å²) in [6.07, 6.45) is -3.12. The maximum Gasteiger partial charge on any atom is 0.458 e. The van der Waals surface area contributed by atoms with E-state index < -0.39 is 23.5 Å². The minimum absolute atomic E-state index is 0.0498. The van der Waals surface area contributed by atoms with Crippen LogP contribution in [0.15, 0.2) is 59.5 Å². The number of nitriles is 1. The number of alkyl halides is 3. The van der Waals surface area contributed by atoms with Crippen molar-refractivity contribution in [3.8, 4) is 17.9 Å². The van der Waals surface area contributed by atoms with Gasteiger partial charge < -0.3 is 9.80 Å². The van der Waals surface area contributed by atoms with E-state index in [1.807, 2.05) is 16.9 Å². The van der Waals surface area contributed by atoms with Crippen LogP contribution < -0.4 is 10.5 Å². The number of aromatic amines is 1. The van der Waals surface area contributed by atoms with Crippen LogP contribution in [0.3, 0.4) is 0 Å². The smallest absolute Gasteiger partial charge is 0.353 e. The molecule has 1 saturated heterocycles. The fraction of sp³-hybridized carbons (Fsp3) is 0.207. The number of benzene rings is 2. The predicted molar refractivity (Wildman–Crippen MR) is 142 cm³/mol. The van der Waals surface area contributed by atoms with Crippen LogP contribution >= 0.6 is 0 Å². The zero-order valence-corrected chi connectivity index (χ0v) is 21.3. The molecule has 5 rings (SSSR count). The molecular formula is C29H20F4N6O2. The molecule has 0 unspecified atom stereocenters. The maximum absolute atomic E-state index is 14.8. The second-order valence-electron chi connectivity index (χ2n) is 9.29. The lowest BCUT2D eigenvalue weighted by molar-refractivity contribution is -0.0696. The molecule has 12 heteroatoms. The van der Waals surface area contributed by atoms with Crippen molar-refractivity contribution in [3.05, 3.63) is 98.8 Å². The van der Waals surface area contributed by atoms with Gasteiger partial charge in [0.25, 0.3) is 11.5 Å². The summed E-state index contributed by atoms with van der Waals surface area (Å²) in [6, 6.07) is 13.5. The first-order valence-corrected chi connectivity index (χ1v) is 12.4. The number of carbonyl (C=O) groups is 1. The largest absolute Gasteiger partial charge is 0.458 e. The van der Waals surface area contributed by atoms with E-state index in [9.17, 15) is 27.2 Å². The van der Waals surface area contributed by atoms with Crippen molar-refractivity contribution in [2.24, 2.45) is 0 Å². The SMILES string of the molecule is N#Cc1ccc(N2CCN(C(=O)c3cc(Cc4n[nH]c(=O)c5ccc(C#CC(F)(F)F)cc45)ccc3F)CC2)nc1. The van der Waals surface area contributed by atoms with Gasteiger partial charge in [0.1, 0.15) is 17.7 Å². The van der Waals surface area contributed by atoms with Gasteiger partial charge in [-0.2, -0.15) is 23.5 Å². The first-order chi connectivity index (χ1) is 19.6. The summed E-state index contributed by atoms with van der Waals surface area (Å²) in [5.41, 5.74) is 0.682. The van der Waals surface area contributed by atoms with E-state index in [-0.39, 0.29) is 22.9 Å². The molecule has 0 saturated carbocycles. The molecule has 2 aromatic heterocycles. The molecule has 4 aromatic rings. The number of anilines is 1. The zero-order valence-electron chi connectivity index (χ0n) is 21.3. The highest BCUT2D eigenvalue weighted by Crippen LogP contribution is 2.22. The fourth-order valence-electron chi connectivity index (χ4n) is 4.56. The van der Waals surface area contributed by atoms with Crippen LogP contribution in [-0.4, -0.2) is 58.3 Å². The number of halogens is 4. The molecule has 1 amide bonds. The molecule has 0 spiro atoms. The molecule has 0 bridgehead atoms. The van der Waals surface area contributed by atoms with Crippen LogP contribution in [0.5, 0.6) is 0 Å². The van der Waals surface area contributed by atoms with Gasteiger partial charge in [0, 0.05) is 55.7 Å². The number of fused-ring (bicyclic) bond motifs is 1. The van der Waals surface area contributed by atoms with Gasteiger partial charge in [-0.15, -0.1) is 0 Å². The Labute approximate surface area is 230 Å². The van der Waals surface area contributed by atoms with Gasteiger partial charge in [0.2, 0.25) is 0 Å². The fourth-order valence-corrected chi connectivity index (χ4v) is 4.56. The number of nitrogens with one attached hydrogen (secondary N) is 1. The third kappa shape index (κ3) is 6.17. The van der Waals surface area contributed by atoms with E-state index in [1.165, 1.54) is 48.5 Å². The van der Waals surface area contributed by atoms with Gasteiger partial charge in [0.05, 0.1) is 22.2 Å². The van der Waals surface area contributed by atoms with E-state index in [4.69, 9.17) is 5.26 Å². The highest BCUT2D eigenvalue weighted by Gasteiger charge is 2.25. The van der Waals surface area contributed by atoms with E-state index >= 15 is 0 Å². The molecule has 3 heterocycles. The van der Waals surface area contributed by atoms with Crippen molar-refractivity contribution in [1.82, 2.24) is 20.1 Å². The standard InChI is InChI=1S/C29H20F4N6O2/c30-24-5-2-19(15-25-22-13-18(7-8-29(31,32)33)1-4-21(22)27(40)37-36-25)14-23(24)28(41)39-11-9-38(10-12-39)26-6-3-20(16-34)17-35-26/h1-6,13-14,17H,9-12,15H2,(H,37,40). The number of aromatic nitrogens is 3. The van der Waals surface area contributed by atoms with Crippen molar-refractivity contribution in [1.29, 1.82) is 5.26 Å². The summed E-state index contributed by atoms with van der Waals surface area (Å²) in [5.74, 6) is 2.74. The molecule has 2 aromatic carbocycles. The summed E-state index contributed by atoms with van der Waals surface area (Å²) >= 11 is 0. The lowest BCUT2D eigenvalue weighted by Gasteiger charge is -2.35. The van der Waals surface area contributed by atoms with Crippen LogP contribution in [-0.2, 0) is 6.42 Å². The van der Waals surface area contributed by atoms with Gasteiger partial charge in [-0.05, 0) is 48.0 Å². The van der Waals surface area contributed by atoms with Gasteiger partial charge in [-0.3, -0.25) is 9.59 Å². The van der Waals surface area contributed by atoms with E-state index in [2.05, 4.69) is 15.2 Å². The number of rotatable bonds is 4. The maximum atomic E-state index is 14.8. The molecule has 0 aliphatic carbocycles. The van der Waals surface area contributed by atoms with Crippen LogP contribution in [0.1, 0.15) is 32.7 Å². The highest BCUT2D eigenvalue weighted by molar-refractivity contribution is 5.95. The molecule has 206 valence electrons. The Morgan fingerprint density at radius 3 is 2.44 bits per heavy atom. The number of amides is 1. The normalized spacial score (nSPS) is 13.4. The molecule has 1 N–H and O–H groups in total. The van der Waals surface area contributed by atoms with Crippen molar-refractivity contribution in [2.45, 2.75) is 12.6 Å². The molecule has 8 nitrogen and oxygen atoms in total. The molecule has 41 heavy (non-hydrogen) atoms. The quantitative estimate of drug-likeness (QED) is 0.301. The average Bonchev–Trinajstić information content (AvgIpc) is 2.98. The number of carbonyl (C=O) groups excluding carboxylic acids is 1. The lowest BCUT2D eigenvalue weighted by Crippen LogP contribution is -2.49. The third-order valence-electron chi connectivity index (χ3n) is 6.62. The van der Waals surface area contributed by atoms with E-state index in [0.717, 1.165) is 0 Å². The summed E-state index contributed by atoms with van der Waals surface area (Å²) in [5, 5.41) is 15.9. The van der Waals surface area contributed by atoms with E-state index in [0.29, 0.717) is 54.2 Å². The summed E-state index contributed by atoms with van der Waals surface area (Å²) < 4.78 is 52.5. The summed E-state index contributed by atoms with van der Waals surface area (Å²) in [6.45, 7) is 1.60. The van der Waals surface area contributed by atoms with Gasteiger partial charge in [-0.25, -0.2) is 14.5 Å². The van der Waals surface area contributed by atoms with Crippen molar-refractivity contribution in [3.63, 3.8) is 0 Å². The van der Waals surface area contributed by atoms with Crippen molar-refractivity contribution < 1.29 is 22.4 Å². The molecular weight excluding hydrogens is 540 g/mol. The number of pyridine rings is 1. The van der Waals surface area contributed by atoms with Crippen LogP contribution in [0, 0.1) is 29.0 Å². The average molecular weight is 561 g/mol. The van der Waals surface area contributed by atoms with Crippen LogP contribution in [0.25, 0.3) is 10.8 Å². The Morgan fingerprint density at radius 2 is 1.76 bits per heavy atom. The minimum Gasteiger partial charge on any atom is -0.353 e. The predicted octanol–water partition coefficient (Wildman–Crippen LogP) is 3.80. The Morgan fingerprint density at radius 1 is 1.00 bits per heavy atom. The van der Waals surface area contributed by atoms with Crippen LogP contribution in [0.4, 0.5) is 23.4 Å². The molecule has 1 aliphatic rings. The lowest BCUT2D eigenvalue weighted by atomic mass is 10.0. The van der Waals surface area contributed by atoms with Crippen molar-refractivity contribution in [2.75, 3.05) is 31.1 Å². The Hall–Kier alpha value is -5.23. The number of piperazine rings is 1. The molecule has 1 aliphatic heterocycles. The first kappa shape index (κ1) is 27.3. The van der Waals surface area contributed by atoms with Crippen LogP contribution in [0.2, 0.25) is 0 Å². The number of H-pyrrole nitrogens is 1. The second kappa shape index (κ2) is 11.1. The Balaban J connectivity index is 1.36. The van der Waals surface area contributed by atoms with E-state index in [1.54, 1.807) is 17.0 Å². The number of hydrogen-bond acceptors (Lipinski definition) is 6. The first-order valence-electron chi connectivity index (χ1n) is 12.4. The van der Waals surface area contributed by atoms with Gasteiger partial charge in [-0.1, -0.05) is 12.0 Å². The third-order valence-corrected chi connectivity index (χ3v) is 6.62. The van der Waals surface area contributed by atoms with Crippen molar-refractivity contribution >= 4 is 22.5 Å². The summed E-state index contributed by atoms with van der Waals surface area (Å²) in [7, 11) is 0. The monoisotopic (exact) mass is 560 g/mol. The summed E-state index contributed by atoms with van der Waals surface area (Å²) in [4.78, 5) is 33.3. The second-order valence-corrected chi connectivity index (χ2v) is 9.29. The highest BCUT2D eigenvalue weighted by atomic mass is 19.4. The van der Waals surface area contributed by atoms with Gasteiger partial charge in [0.15, 0.2) is 0 Å². The molecule has 1 fully saturated rings. The zero-order chi connectivity index (χ0) is 29.1. The molecule has 0 radical (unpaired) electrons. The topological polar surface area (TPSA) is 106 Å². The molecule has 0 atom stereocenters.